The number of benzene rings is 3. The van der Waals surface area contributed by atoms with Crippen LogP contribution in [0.25, 0.3) is 0 Å². The summed E-state index contributed by atoms with van der Waals surface area (Å²) in [5.41, 5.74) is 3.40. The number of nitrogens with zero attached hydrogens (tertiary/aromatic N) is 1. The highest BCUT2D eigenvalue weighted by atomic mass is 19.2. The van der Waals surface area contributed by atoms with Gasteiger partial charge in [-0.05, 0) is 30.2 Å². The summed E-state index contributed by atoms with van der Waals surface area (Å²) in [5.74, 6) is -3.41. The Hall–Kier alpha value is -4.81. The molecule has 0 radical (unpaired) electrons. The van der Waals surface area contributed by atoms with E-state index in [1.165, 1.54) is 0 Å². The number of nitrogens with one attached hydrogen (secondary N) is 1. The number of para-hydroxylation sites is 1. The zero-order valence-electron chi connectivity index (χ0n) is 27.8. The summed E-state index contributed by atoms with van der Waals surface area (Å²) in [4.78, 5) is 39.0. The number of hydrogen-bond acceptors (Lipinski definition) is 8. The molecule has 1 aliphatic rings. The maximum atomic E-state index is 13.6. The summed E-state index contributed by atoms with van der Waals surface area (Å²) in [5, 5.41) is 2.79. The number of amides is 2. The fourth-order valence-corrected chi connectivity index (χ4v) is 4.82. The van der Waals surface area contributed by atoms with E-state index in [-0.39, 0.29) is 63.8 Å². The molecule has 1 N–H and O–H groups in total. The second kappa shape index (κ2) is 20.8. The van der Waals surface area contributed by atoms with Crippen LogP contribution in [0.1, 0.15) is 42.4 Å². The lowest BCUT2D eigenvalue weighted by atomic mass is 10.0. The van der Waals surface area contributed by atoms with Crippen LogP contribution in [0.2, 0.25) is 0 Å². The predicted octanol–water partition coefficient (Wildman–Crippen LogP) is 4.84. The van der Waals surface area contributed by atoms with Gasteiger partial charge in [-0.25, -0.2) is 8.78 Å². The normalized spacial score (nSPS) is 11.8. The van der Waals surface area contributed by atoms with E-state index in [4.69, 9.17) is 18.9 Å². The number of carbonyl (C=O) groups excluding carboxylic acids is 3. The molecule has 2 amide bonds. The van der Waals surface area contributed by atoms with Crippen molar-refractivity contribution in [2.45, 2.75) is 32.2 Å². The van der Waals surface area contributed by atoms with Gasteiger partial charge in [0.2, 0.25) is 29.2 Å². The minimum absolute atomic E-state index is 0.0117. The summed E-state index contributed by atoms with van der Waals surface area (Å²) < 4.78 is 79.2. The SMILES string of the molecule is O=C(CCCC(=O)N1Cc2ccccc2C#Cc2ccccc21)NCCOCCOCCOCCOCCC(=O)Oc1c(F)c(F)cc(F)c1F. The van der Waals surface area contributed by atoms with Gasteiger partial charge in [0, 0.05) is 36.6 Å². The molecule has 0 atom stereocenters. The van der Waals surface area contributed by atoms with E-state index in [1.807, 2.05) is 48.5 Å². The van der Waals surface area contributed by atoms with Crippen molar-refractivity contribution in [2.24, 2.45) is 0 Å². The van der Waals surface area contributed by atoms with Gasteiger partial charge in [0.05, 0.1) is 71.5 Å². The number of ether oxygens (including phenoxy) is 5. The largest absolute Gasteiger partial charge is 0.420 e. The van der Waals surface area contributed by atoms with Gasteiger partial charge >= 0.3 is 5.97 Å². The molecular weight excluding hydrogens is 676 g/mol. The van der Waals surface area contributed by atoms with E-state index < -0.39 is 41.4 Å². The third-order valence-electron chi connectivity index (χ3n) is 7.39. The van der Waals surface area contributed by atoms with Crippen LogP contribution in [0.4, 0.5) is 23.2 Å². The Balaban J connectivity index is 0.964. The first-order chi connectivity index (χ1) is 24.7. The maximum Gasteiger partial charge on any atom is 0.313 e. The average molecular weight is 715 g/mol. The zero-order valence-corrected chi connectivity index (χ0v) is 27.8. The van der Waals surface area contributed by atoms with Crippen molar-refractivity contribution in [3.05, 3.63) is 94.6 Å². The molecule has 0 spiro atoms. The Morgan fingerprint density at radius 3 is 1.94 bits per heavy atom. The minimum atomic E-state index is -1.80. The Labute approximate surface area is 292 Å². The van der Waals surface area contributed by atoms with Gasteiger partial charge in [0.15, 0.2) is 11.6 Å². The van der Waals surface area contributed by atoms with E-state index in [2.05, 4.69) is 21.9 Å². The van der Waals surface area contributed by atoms with Gasteiger partial charge in [0.25, 0.3) is 0 Å². The number of esters is 1. The Bertz CT molecular complexity index is 1690. The molecule has 1 heterocycles. The number of hydrogen-bond donors (Lipinski definition) is 1. The Morgan fingerprint density at radius 1 is 0.686 bits per heavy atom. The first kappa shape index (κ1) is 39.0. The van der Waals surface area contributed by atoms with E-state index in [1.54, 1.807) is 4.90 Å². The third-order valence-corrected chi connectivity index (χ3v) is 7.39. The van der Waals surface area contributed by atoms with Crippen LogP contribution in [-0.2, 0) is 39.9 Å². The molecule has 1 aliphatic heterocycles. The van der Waals surface area contributed by atoms with Crippen molar-refractivity contribution in [3.63, 3.8) is 0 Å². The molecule has 0 saturated carbocycles. The smallest absolute Gasteiger partial charge is 0.313 e. The monoisotopic (exact) mass is 714 g/mol. The van der Waals surface area contributed by atoms with Gasteiger partial charge in [-0.2, -0.15) is 8.78 Å². The van der Waals surface area contributed by atoms with Crippen LogP contribution in [0.3, 0.4) is 0 Å². The number of carbonyl (C=O) groups is 3. The molecule has 51 heavy (non-hydrogen) atoms. The lowest BCUT2D eigenvalue weighted by Gasteiger charge is -2.26. The quantitative estimate of drug-likeness (QED) is 0.0443. The summed E-state index contributed by atoms with van der Waals surface area (Å²) in [6.45, 7) is 2.30. The van der Waals surface area contributed by atoms with Crippen LogP contribution in [0.5, 0.6) is 5.75 Å². The number of fused-ring (bicyclic) bond motifs is 2. The zero-order chi connectivity index (χ0) is 36.4. The average Bonchev–Trinajstić information content (AvgIpc) is 3.11. The van der Waals surface area contributed by atoms with Crippen LogP contribution < -0.4 is 15.0 Å². The summed E-state index contributed by atoms with van der Waals surface area (Å²) in [6.07, 6.45) is 0.417. The lowest BCUT2D eigenvalue weighted by molar-refractivity contribution is -0.136. The fourth-order valence-electron chi connectivity index (χ4n) is 4.82. The van der Waals surface area contributed by atoms with E-state index in [0.29, 0.717) is 39.3 Å². The van der Waals surface area contributed by atoms with E-state index >= 15 is 0 Å². The fraction of sp³-hybridized carbons (Fsp3) is 0.378. The molecule has 0 unspecified atom stereocenters. The van der Waals surface area contributed by atoms with Crippen molar-refractivity contribution in [1.82, 2.24) is 5.32 Å². The van der Waals surface area contributed by atoms with Crippen LogP contribution in [-0.4, -0.2) is 77.2 Å². The standard InChI is InChI=1S/C37H38F4N2O8/c38-29-24-30(39)36(41)37(35(29)40)51-34(46)14-16-47-18-20-49-22-23-50-21-19-48-17-15-42-32(44)10-5-11-33(45)43-25-28-8-2-1-6-26(28)12-13-27-7-3-4-9-31(27)43/h1-4,6-9,24H,5,10-11,14-23,25H2,(H,42,44). The molecule has 0 bridgehead atoms. The van der Waals surface area contributed by atoms with Gasteiger partial charge in [0.1, 0.15) is 0 Å². The molecule has 14 heteroatoms. The topological polar surface area (TPSA) is 113 Å². The predicted molar refractivity (Wildman–Crippen MR) is 177 cm³/mol. The van der Waals surface area contributed by atoms with Crippen LogP contribution in [0.15, 0.2) is 54.6 Å². The second-order valence-electron chi connectivity index (χ2n) is 11.1. The highest BCUT2D eigenvalue weighted by molar-refractivity contribution is 5.95. The highest BCUT2D eigenvalue weighted by Crippen LogP contribution is 2.27. The number of halogens is 4. The molecule has 272 valence electrons. The van der Waals surface area contributed by atoms with Crippen molar-refractivity contribution < 1.29 is 55.6 Å². The summed E-state index contributed by atoms with van der Waals surface area (Å²) in [7, 11) is 0. The van der Waals surface area contributed by atoms with Crippen molar-refractivity contribution in [3.8, 4) is 17.6 Å². The molecule has 3 aromatic rings. The molecule has 10 nitrogen and oxygen atoms in total. The highest BCUT2D eigenvalue weighted by Gasteiger charge is 2.23. The van der Waals surface area contributed by atoms with Crippen molar-refractivity contribution in [1.29, 1.82) is 0 Å². The summed E-state index contributed by atoms with van der Waals surface area (Å²) in [6, 6.07) is 15.3. The van der Waals surface area contributed by atoms with Crippen LogP contribution in [0, 0.1) is 35.1 Å². The Morgan fingerprint density at radius 2 is 1.25 bits per heavy atom. The lowest BCUT2D eigenvalue weighted by Crippen LogP contribution is -2.32. The third kappa shape index (κ3) is 12.5. The molecule has 0 saturated heterocycles. The molecule has 0 aromatic heterocycles. The molecule has 0 aliphatic carbocycles. The molecular formula is C37H38F4N2O8. The summed E-state index contributed by atoms with van der Waals surface area (Å²) >= 11 is 0. The second-order valence-corrected chi connectivity index (χ2v) is 11.1. The maximum absolute atomic E-state index is 13.6. The van der Waals surface area contributed by atoms with E-state index in [9.17, 15) is 31.9 Å². The minimum Gasteiger partial charge on any atom is -0.420 e. The number of anilines is 1. The molecule has 3 aromatic carbocycles. The molecule has 0 fully saturated rings. The van der Waals surface area contributed by atoms with Gasteiger partial charge < -0.3 is 33.9 Å². The van der Waals surface area contributed by atoms with Gasteiger partial charge in [-0.3, -0.25) is 14.4 Å². The van der Waals surface area contributed by atoms with Crippen molar-refractivity contribution >= 4 is 23.5 Å². The Kier molecular flexibility index (Phi) is 15.9. The van der Waals surface area contributed by atoms with Gasteiger partial charge in [-0.1, -0.05) is 42.2 Å². The van der Waals surface area contributed by atoms with Gasteiger partial charge in [-0.15, -0.1) is 0 Å². The van der Waals surface area contributed by atoms with E-state index in [0.717, 1.165) is 22.4 Å². The van der Waals surface area contributed by atoms with Crippen molar-refractivity contribution in [2.75, 3.05) is 64.3 Å². The number of rotatable bonds is 20. The first-order valence-corrected chi connectivity index (χ1v) is 16.3. The molecule has 4 rings (SSSR count). The van der Waals surface area contributed by atoms with Crippen LogP contribution >= 0.6 is 0 Å². The first-order valence-electron chi connectivity index (χ1n) is 16.3.